The molecule has 26 heavy (non-hydrogen) atoms. The van der Waals surface area contributed by atoms with E-state index >= 15 is 0 Å². The van der Waals surface area contributed by atoms with Crippen molar-refractivity contribution in [3.8, 4) is 0 Å². The van der Waals surface area contributed by atoms with Crippen molar-refractivity contribution in [2.45, 2.75) is 38.5 Å². The summed E-state index contributed by atoms with van der Waals surface area (Å²) in [4.78, 5) is 12.3. The molecule has 4 rings (SSSR count). The number of carbonyl (C=O) groups is 1. The van der Waals surface area contributed by atoms with Crippen LogP contribution in [-0.4, -0.2) is 14.3 Å². The number of rotatable bonds is 4. The maximum Gasteiger partial charge on any atom is 0.323 e. The molecule has 6 nitrogen and oxygen atoms in total. The molecular formula is C19H21N3O3S. The van der Waals surface area contributed by atoms with Crippen molar-refractivity contribution in [2.24, 2.45) is 0 Å². The lowest BCUT2D eigenvalue weighted by atomic mass is 9.99. The molecule has 7 heteroatoms. The van der Waals surface area contributed by atoms with Gasteiger partial charge in [-0.25, -0.2) is 4.72 Å². The SMILES string of the molecule is Nc1ccccc1C(=O)NS(=O)(=O)Nc1c2c(cc3c1CCC3)CCC2. The van der Waals surface area contributed by atoms with Gasteiger partial charge in [0.25, 0.3) is 5.91 Å². The van der Waals surface area contributed by atoms with E-state index in [4.69, 9.17) is 5.73 Å². The number of anilines is 2. The molecule has 2 aliphatic carbocycles. The van der Waals surface area contributed by atoms with Gasteiger partial charge in [0.05, 0.1) is 11.3 Å². The molecule has 0 aliphatic heterocycles. The third-order valence-electron chi connectivity index (χ3n) is 5.14. The number of nitrogens with two attached hydrogens (primary N) is 1. The predicted molar refractivity (Wildman–Crippen MR) is 101 cm³/mol. The molecule has 1 amide bonds. The van der Waals surface area contributed by atoms with Gasteiger partial charge in [-0.3, -0.25) is 9.52 Å². The van der Waals surface area contributed by atoms with Crippen molar-refractivity contribution in [1.82, 2.24) is 4.72 Å². The van der Waals surface area contributed by atoms with Crippen molar-refractivity contribution in [3.63, 3.8) is 0 Å². The first-order chi connectivity index (χ1) is 12.4. The zero-order chi connectivity index (χ0) is 18.3. The van der Waals surface area contributed by atoms with Crippen molar-refractivity contribution < 1.29 is 13.2 Å². The van der Waals surface area contributed by atoms with E-state index in [-0.39, 0.29) is 11.3 Å². The molecule has 0 radical (unpaired) electrons. The summed E-state index contributed by atoms with van der Waals surface area (Å²) >= 11 is 0. The number of nitrogen functional groups attached to an aromatic ring is 1. The van der Waals surface area contributed by atoms with E-state index in [2.05, 4.69) is 15.5 Å². The Kier molecular flexibility index (Phi) is 4.11. The zero-order valence-corrected chi connectivity index (χ0v) is 15.2. The van der Waals surface area contributed by atoms with Crippen molar-refractivity contribution in [2.75, 3.05) is 10.5 Å². The smallest absolute Gasteiger partial charge is 0.323 e. The first-order valence-electron chi connectivity index (χ1n) is 8.80. The van der Waals surface area contributed by atoms with Gasteiger partial charge in [-0.05, 0) is 72.9 Å². The predicted octanol–water partition coefficient (Wildman–Crippen LogP) is 2.33. The minimum absolute atomic E-state index is 0.140. The van der Waals surface area contributed by atoms with Gasteiger partial charge in [-0.1, -0.05) is 18.2 Å². The highest BCUT2D eigenvalue weighted by atomic mass is 32.2. The van der Waals surface area contributed by atoms with Crippen LogP contribution in [-0.2, 0) is 35.9 Å². The first kappa shape index (κ1) is 16.9. The molecule has 0 saturated carbocycles. The summed E-state index contributed by atoms with van der Waals surface area (Å²) in [5.74, 6) is -0.736. The van der Waals surface area contributed by atoms with Crippen LogP contribution in [0.3, 0.4) is 0 Å². The fraction of sp³-hybridized carbons (Fsp3) is 0.316. The summed E-state index contributed by atoms with van der Waals surface area (Å²) in [6.07, 6.45) is 5.73. The third kappa shape index (κ3) is 3.03. The summed E-state index contributed by atoms with van der Waals surface area (Å²) in [6, 6.07) is 8.62. The molecular weight excluding hydrogens is 350 g/mol. The summed E-state index contributed by atoms with van der Waals surface area (Å²) < 4.78 is 29.9. The van der Waals surface area contributed by atoms with Gasteiger partial charge >= 0.3 is 10.2 Å². The Bertz CT molecular complexity index is 967. The van der Waals surface area contributed by atoms with Crippen LogP contribution in [0.25, 0.3) is 0 Å². The molecule has 0 unspecified atom stereocenters. The highest BCUT2D eigenvalue weighted by molar-refractivity contribution is 7.91. The number of benzene rings is 2. The van der Waals surface area contributed by atoms with E-state index in [1.54, 1.807) is 18.2 Å². The first-order valence-corrected chi connectivity index (χ1v) is 10.3. The monoisotopic (exact) mass is 371 g/mol. The Balaban J connectivity index is 1.63. The number of amides is 1. The Hall–Kier alpha value is -2.54. The summed E-state index contributed by atoms with van der Waals surface area (Å²) in [6.45, 7) is 0. The summed E-state index contributed by atoms with van der Waals surface area (Å²) in [7, 11) is -4.05. The maximum atomic E-state index is 12.6. The molecule has 136 valence electrons. The van der Waals surface area contributed by atoms with E-state index in [1.807, 2.05) is 0 Å². The molecule has 0 heterocycles. The molecule has 2 aromatic carbocycles. The van der Waals surface area contributed by atoms with E-state index in [1.165, 1.54) is 17.2 Å². The molecule has 4 N–H and O–H groups in total. The standard InChI is InChI=1S/C19H21N3O3S/c20-17-10-2-1-7-16(17)19(23)22-26(24,25)21-18-14-8-3-5-12(14)11-13-6-4-9-15(13)18/h1-2,7,10-11,21H,3-6,8-9,20H2,(H,22,23). The lowest BCUT2D eigenvalue weighted by Crippen LogP contribution is -2.36. The Morgan fingerprint density at radius 3 is 2.19 bits per heavy atom. The van der Waals surface area contributed by atoms with Crippen LogP contribution in [0.5, 0.6) is 0 Å². The molecule has 0 bridgehead atoms. The minimum atomic E-state index is -4.05. The number of fused-ring (bicyclic) bond motifs is 2. The van der Waals surface area contributed by atoms with Crippen LogP contribution in [0.15, 0.2) is 30.3 Å². The highest BCUT2D eigenvalue weighted by Gasteiger charge is 2.27. The van der Waals surface area contributed by atoms with Crippen molar-refractivity contribution in [3.05, 3.63) is 58.1 Å². The van der Waals surface area contributed by atoms with Gasteiger partial charge in [0, 0.05) is 5.69 Å². The van der Waals surface area contributed by atoms with Crippen LogP contribution in [0.1, 0.15) is 45.5 Å². The van der Waals surface area contributed by atoms with Gasteiger partial charge in [-0.2, -0.15) is 8.42 Å². The van der Waals surface area contributed by atoms with Crippen molar-refractivity contribution >= 4 is 27.5 Å². The lowest BCUT2D eigenvalue weighted by molar-refractivity contribution is 0.0982. The van der Waals surface area contributed by atoms with Crippen LogP contribution in [0.2, 0.25) is 0 Å². The van der Waals surface area contributed by atoms with E-state index in [9.17, 15) is 13.2 Å². The maximum absolute atomic E-state index is 12.6. The highest BCUT2D eigenvalue weighted by Crippen LogP contribution is 2.38. The summed E-state index contributed by atoms with van der Waals surface area (Å²) in [5.41, 5.74) is 11.4. The lowest BCUT2D eigenvalue weighted by Gasteiger charge is -2.17. The number of carbonyl (C=O) groups excluding carboxylic acids is 1. The average molecular weight is 371 g/mol. The normalized spacial score (nSPS) is 15.4. The molecule has 0 atom stereocenters. The third-order valence-corrected chi connectivity index (χ3v) is 6.07. The molecule has 2 aromatic rings. The minimum Gasteiger partial charge on any atom is -0.398 e. The summed E-state index contributed by atoms with van der Waals surface area (Å²) in [5, 5.41) is 0. The van der Waals surface area contributed by atoms with E-state index in [0.717, 1.165) is 49.7 Å². The quantitative estimate of drug-likeness (QED) is 0.718. The fourth-order valence-electron chi connectivity index (χ4n) is 3.98. The Morgan fingerprint density at radius 2 is 1.58 bits per heavy atom. The van der Waals surface area contributed by atoms with Gasteiger partial charge in [0.2, 0.25) is 0 Å². The molecule has 0 aromatic heterocycles. The van der Waals surface area contributed by atoms with Gasteiger partial charge in [0.1, 0.15) is 0 Å². The molecule has 0 saturated heterocycles. The van der Waals surface area contributed by atoms with Crippen LogP contribution >= 0.6 is 0 Å². The topological polar surface area (TPSA) is 101 Å². The average Bonchev–Trinajstić information content (AvgIpc) is 3.23. The van der Waals surface area contributed by atoms with Gasteiger partial charge in [0.15, 0.2) is 0 Å². The molecule has 0 spiro atoms. The molecule has 0 fully saturated rings. The van der Waals surface area contributed by atoms with E-state index in [0.29, 0.717) is 5.69 Å². The zero-order valence-electron chi connectivity index (χ0n) is 14.3. The largest absolute Gasteiger partial charge is 0.398 e. The number of hydrogen-bond acceptors (Lipinski definition) is 4. The van der Waals surface area contributed by atoms with Crippen molar-refractivity contribution in [1.29, 1.82) is 0 Å². The number of para-hydroxylation sites is 1. The molecule has 2 aliphatic rings. The Morgan fingerprint density at radius 1 is 0.962 bits per heavy atom. The van der Waals surface area contributed by atoms with Crippen LogP contribution < -0.4 is 15.2 Å². The van der Waals surface area contributed by atoms with Gasteiger partial charge in [-0.15, -0.1) is 0 Å². The number of aryl methyl sites for hydroxylation is 2. The van der Waals surface area contributed by atoms with Gasteiger partial charge < -0.3 is 5.73 Å². The second kappa shape index (κ2) is 6.32. The van der Waals surface area contributed by atoms with Crippen LogP contribution in [0, 0.1) is 0 Å². The second-order valence-electron chi connectivity index (χ2n) is 6.86. The Labute approximate surface area is 153 Å². The van der Waals surface area contributed by atoms with E-state index < -0.39 is 16.1 Å². The fourth-order valence-corrected chi connectivity index (χ4v) is 4.90. The number of hydrogen-bond donors (Lipinski definition) is 3. The second-order valence-corrected chi connectivity index (χ2v) is 8.27. The van der Waals surface area contributed by atoms with Crippen LogP contribution in [0.4, 0.5) is 11.4 Å². The number of nitrogens with one attached hydrogen (secondary N) is 2.